The largest absolute Gasteiger partial charge is 0.345 e. The summed E-state index contributed by atoms with van der Waals surface area (Å²) in [7, 11) is 0. The molecule has 114 valence electrons. The first kappa shape index (κ1) is 15.5. The number of benzene rings is 1. The van der Waals surface area contributed by atoms with Gasteiger partial charge in [-0.15, -0.1) is 0 Å². The summed E-state index contributed by atoms with van der Waals surface area (Å²) in [6, 6.07) is 9.85. The van der Waals surface area contributed by atoms with Crippen LogP contribution in [0, 0.1) is 0 Å². The van der Waals surface area contributed by atoms with E-state index in [9.17, 15) is 9.59 Å². The molecule has 1 heterocycles. The van der Waals surface area contributed by atoms with Crippen molar-refractivity contribution in [3.8, 4) is 0 Å². The highest BCUT2D eigenvalue weighted by Gasteiger charge is 2.35. The minimum absolute atomic E-state index is 0.0129. The quantitative estimate of drug-likeness (QED) is 0.922. The van der Waals surface area contributed by atoms with Crippen LogP contribution < -0.4 is 5.32 Å². The summed E-state index contributed by atoms with van der Waals surface area (Å²) in [6.45, 7) is 6.41. The van der Waals surface area contributed by atoms with E-state index in [1.54, 1.807) is 6.92 Å². The topological polar surface area (TPSA) is 49.4 Å². The molecule has 1 aliphatic rings. The summed E-state index contributed by atoms with van der Waals surface area (Å²) in [6.07, 6.45) is 2.18. The van der Waals surface area contributed by atoms with Gasteiger partial charge in [-0.3, -0.25) is 9.59 Å². The van der Waals surface area contributed by atoms with Gasteiger partial charge < -0.3 is 10.2 Å². The lowest BCUT2D eigenvalue weighted by Gasteiger charge is -2.39. The molecule has 1 aromatic carbocycles. The number of rotatable bonds is 4. The Bertz CT molecular complexity index is 511. The average Bonchev–Trinajstić information content (AvgIpc) is 2.58. The highest BCUT2D eigenvalue weighted by Crippen LogP contribution is 2.24. The Hall–Kier alpha value is -1.84. The van der Waals surface area contributed by atoms with Gasteiger partial charge in [0.1, 0.15) is 6.04 Å². The fourth-order valence-electron chi connectivity index (χ4n) is 2.76. The maximum atomic E-state index is 12.5. The summed E-state index contributed by atoms with van der Waals surface area (Å²) in [5.74, 6) is -0.0314. The molecule has 4 heteroatoms. The molecule has 0 aliphatic carbocycles. The second kappa shape index (κ2) is 6.29. The van der Waals surface area contributed by atoms with E-state index >= 15 is 0 Å². The first-order chi connectivity index (χ1) is 9.90. The zero-order valence-corrected chi connectivity index (χ0v) is 13.1. The monoisotopic (exact) mass is 288 g/mol. The second-order valence-corrected chi connectivity index (χ2v) is 6.33. The van der Waals surface area contributed by atoms with Gasteiger partial charge >= 0.3 is 0 Å². The van der Waals surface area contributed by atoms with Crippen LogP contribution >= 0.6 is 0 Å². The number of nitrogens with one attached hydrogen (secondary N) is 1. The van der Waals surface area contributed by atoms with Gasteiger partial charge in [-0.2, -0.15) is 0 Å². The Morgan fingerprint density at radius 3 is 2.57 bits per heavy atom. The molecule has 1 unspecified atom stereocenters. The first-order valence-corrected chi connectivity index (χ1v) is 7.55. The van der Waals surface area contributed by atoms with Crippen LogP contribution in [0.4, 0.5) is 0 Å². The van der Waals surface area contributed by atoms with Gasteiger partial charge in [-0.25, -0.2) is 0 Å². The van der Waals surface area contributed by atoms with Crippen LogP contribution in [-0.2, 0) is 16.0 Å². The SMILES string of the molecule is CC1NC(=O)CCN(C(C)(C)CCc2ccccc2)C1=O. The predicted octanol–water partition coefficient (Wildman–Crippen LogP) is 2.13. The molecule has 2 rings (SSSR count). The van der Waals surface area contributed by atoms with Crippen molar-refractivity contribution < 1.29 is 9.59 Å². The summed E-state index contributed by atoms with van der Waals surface area (Å²) >= 11 is 0. The third-order valence-corrected chi connectivity index (χ3v) is 4.18. The minimum Gasteiger partial charge on any atom is -0.345 e. The van der Waals surface area contributed by atoms with Crippen LogP contribution in [0.2, 0.25) is 0 Å². The van der Waals surface area contributed by atoms with Gasteiger partial charge in [0, 0.05) is 18.5 Å². The lowest BCUT2D eigenvalue weighted by Crippen LogP contribution is -2.52. The van der Waals surface area contributed by atoms with Gasteiger partial charge in [-0.1, -0.05) is 30.3 Å². The third kappa shape index (κ3) is 3.84. The third-order valence-electron chi connectivity index (χ3n) is 4.18. The Kier molecular flexibility index (Phi) is 4.66. The molecule has 0 radical (unpaired) electrons. The van der Waals surface area contributed by atoms with E-state index in [2.05, 4.69) is 31.3 Å². The van der Waals surface area contributed by atoms with Crippen molar-refractivity contribution in [2.45, 2.75) is 51.6 Å². The van der Waals surface area contributed by atoms with E-state index in [4.69, 9.17) is 0 Å². The van der Waals surface area contributed by atoms with E-state index in [0.717, 1.165) is 12.8 Å². The van der Waals surface area contributed by atoms with E-state index in [1.807, 2.05) is 23.1 Å². The molecule has 1 aromatic rings. The van der Waals surface area contributed by atoms with Crippen molar-refractivity contribution in [3.05, 3.63) is 35.9 Å². The fourth-order valence-corrected chi connectivity index (χ4v) is 2.76. The predicted molar refractivity (Wildman–Crippen MR) is 82.8 cm³/mol. The van der Waals surface area contributed by atoms with Crippen molar-refractivity contribution in [1.82, 2.24) is 10.2 Å². The molecule has 1 saturated heterocycles. The van der Waals surface area contributed by atoms with E-state index < -0.39 is 6.04 Å². The molecule has 2 amide bonds. The van der Waals surface area contributed by atoms with Gasteiger partial charge in [0.2, 0.25) is 11.8 Å². The average molecular weight is 288 g/mol. The molecule has 1 atom stereocenters. The number of hydrogen-bond acceptors (Lipinski definition) is 2. The smallest absolute Gasteiger partial charge is 0.245 e. The lowest BCUT2D eigenvalue weighted by molar-refractivity contribution is -0.138. The molecule has 21 heavy (non-hydrogen) atoms. The molecule has 1 aliphatic heterocycles. The van der Waals surface area contributed by atoms with E-state index in [-0.39, 0.29) is 17.4 Å². The number of aryl methyl sites for hydroxylation is 1. The number of carbonyl (C=O) groups is 2. The molecule has 4 nitrogen and oxygen atoms in total. The Balaban J connectivity index is 2.06. The van der Waals surface area contributed by atoms with Crippen LogP contribution in [0.1, 0.15) is 39.2 Å². The molecule has 0 aromatic heterocycles. The maximum absolute atomic E-state index is 12.5. The summed E-state index contributed by atoms with van der Waals surface area (Å²) < 4.78 is 0. The zero-order chi connectivity index (χ0) is 15.5. The van der Waals surface area contributed by atoms with Gasteiger partial charge in [0.25, 0.3) is 0 Å². The normalized spacial score (nSPS) is 20.1. The summed E-state index contributed by atoms with van der Waals surface area (Å²) in [4.78, 5) is 25.9. The minimum atomic E-state index is -0.434. The van der Waals surface area contributed by atoms with Crippen LogP contribution in [0.15, 0.2) is 30.3 Å². The van der Waals surface area contributed by atoms with Crippen molar-refractivity contribution in [2.24, 2.45) is 0 Å². The van der Waals surface area contributed by atoms with Crippen molar-refractivity contribution in [2.75, 3.05) is 6.54 Å². The number of hydrogen-bond donors (Lipinski definition) is 1. The van der Waals surface area contributed by atoms with Crippen molar-refractivity contribution in [1.29, 1.82) is 0 Å². The van der Waals surface area contributed by atoms with Gasteiger partial charge in [0.05, 0.1) is 0 Å². The van der Waals surface area contributed by atoms with Crippen LogP contribution in [0.25, 0.3) is 0 Å². The summed E-state index contributed by atoms with van der Waals surface area (Å²) in [5.41, 5.74) is 1.02. The lowest BCUT2D eigenvalue weighted by atomic mass is 9.92. The molecule has 1 N–H and O–H groups in total. The molecule has 1 fully saturated rings. The second-order valence-electron chi connectivity index (χ2n) is 6.33. The molecule has 0 spiro atoms. The molecular formula is C17H24N2O2. The zero-order valence-electron chi connectivity index (χ0n) is 13.1. The Morgan fingerprint density at radius 2 is 1.90 bits per heavy atom. The maximum Gasteiger partial charge on any atom is 0.245 e. The standard InChI is InChI=1S/C17H24N2O2/c1-13-16(21)19(12-10-15(20)18-13)17(2,3)11-9-14-7-5-4-6-8-14/h4-8,13H,9-12H2,1-3H3,(H,18,20). The van der Waals surface area contributed by atoms with Gasteiger partial charge in [-0.05, 0) is 39.2 Å². The van der Waals surface area contributed by atoms with Gasteiger partial charge in [0.15, 0.2) is 0 Å². The van der Waals surface area contributed by atoms with Crippen LogP contribution in [0.5, 0.6) is 0 Å². The first-order valence-electron chi connectivity index (χ1n) is 7.55. The number of carbonyl (C=O) groups excluding carboxylic acids is 2. The molecule has 0 bridgehead atoms. The number of nitrogens with zero attached hydrogens (tertiary/aromatic N) is 1. The van der Waals surface area contributed by atoms with Crippen molar-refractivity contribution in [3.63, 3.8) is 0 Å². The highest BCUT2D eigenvalue weighted by molar-refractivity contribution is 5.90. The van der Waals surface area contributed by atoms with Crippen LogP contribution in [0.3, 0.4) is 0 Å². The highest BCUT2D eigenvalue weighted by atomic mass is 16.2. The molecular weight excluding hydrogens is 264 g/mol. The molecule has 0 saturated carbocycles. The Morgan fingerprint density at radius 1 is 1.24 bits per heavy atom. The van der Waals surface area contributed by atoms with E-state index in [1.165, 1.54) is 5.56 Å². The van der Waals surface area contributed by atoms with E-state index in [0.29, 0.717) is 13.0 Å². The summed E-state index contributed by atoms with van der Waals surface area (Å²) in [5, 5.41) is 2.74. The Labute approximate surface area is 126 Å². The van der Waals surface area contributed by atoms with Crippen LogP contribution in [-0.4, -0.2) is 34.8 Å². The fraction of sp³-hybridized carbons (Fsp3) is 0.529. The van der Waals surface area contributed by atoms with Crippen molar-refractivity contribution >= 4 is 11.8 Å². The number of amides is 2.